The van der Waals surface area contributed by atoms with E-state index in [2.05, 4.69) is 15.8 Å². The Morgan fingerprint density at radius 2 is 1.97 bits per heavy atom. The number of hydrazine groups is 1. The van der Waals surface area contributed by atoms with Crippen LogP contribution in [0.3, 0.4) is 0 Å². The number of aromatic nitrogens is 2. The molecule has 0 spiro atoms. The molecule has 8 nitrogen and oxygen atoms in total. The molecule has 172 valence electrons. The molecule has 0 bridgehead atoms. The van der Waals surface area contributed by atoms with Gasteiger partial charge in [0.05, 0.1) is 12.1 Å². The van der Waals surface area contributed by atoms with Crippen molar-refractivity contribution in [3.05, 3.63) is 61.9 Å². The molecule has 2 aromatic rings. The second-order valence-corrected chi connectivity index (χ2v) is 8.64. The predicted molar refractivity (Wildman–Crippen MR) is 125 cm³/mol. The highest BCUT2D eigenvalue weighted by Crippen LogP contribution is 2.23. The summed E-state index contributed by atoms with van der Waals surface area (Å²) in [6.07, 6.45) is 0.695. The largest absolute Gasteiger partial charge is 0.352 e. The third-order valence-electron chi connectivity index (χ3n) is 5.65. The zero-order valence-electron chi connectivity index (χ0n) is 18.5. The van der Waals surface area contributed by atoms with Crippen LogP contribution in [-0.2, 0) is 36.3 Å². The van der Waals surface area contributed by atoms with Crippen molar-refractivity contribution in [2.75, 3.05) is 6.54 Å². The van der Waals surface area contributed by atoms with Crippen LogP contribution in [0.5, 0.6) is 0 Å². The molecule has 0 atom stereocenters. The summed E-state index contributed by atoms with van der Waals surface area (Å²) in [6, 6.07) is 5.41. The van der Waals surface area contributed by atoms with Gasteiger partial charge in [0, 0.05) is 49.4 Å². The van der Waals surface area contributed by atoms with Crippen LogP contribution in [0, 0.1) is 6.92 Å². The minimum Gasteiger partial charge on any atom is -0.352 e. The minimum atomic E-state index is -0.233. The van der Waals surface area contributed by atoms with E-state index in [1.54, 1.807) is 28.9 Å². The minimum absolute atomic E-state index is 0.00798. The quantitative estimate of drug-likeness (QED) is 0.540. The van der Waals surface area contributed by atoms with E-state index in [9.17, 15) is 9.59 Å². The summed E-state index contributed by atoms with van der Waals surface area (Å²) in [5.74, 6) is -0.435. The van der Waals surface area contributed by atoms with Crippen LogP contribution >= 0.6 is 23.2 Å². The van der Waals surface area contributed by atoms with Crippen LogP contribution in [0.15, 0.2) is 29.3 Å². The maximum atomic E-state index is 13.0. The zero-order valence-corrected chi connectivity index (χ0v) is 20.0. The molecule has 1 aliphatic rings. The zero-order chi connectivity index (χ0) is 23.4. The first-order valence-corrected chi connectivity index (χ1v) is 11.1. The Bertz CT molecular complexity index is 1060. The van der Waals surface area contributed by atoms with E-state index < -0.39 is 0 Å². The van der Waals surface area contributed by atoms with Crippen molar-refractivity contribution in [3.63, 3.8) is 0 Å². The molecule has 3 rings (SSSR count). The molecular formula is C22H28Cl2N6O2. The molecule has 1 aliphatic heterocycles. The number of carbonyl (C=O) groups is 2. The van der Waals surface area contributed by atoms with Crippen molar-refractivity contribution in [2.45, 2.75) is 46.3 Å². The summed E-state index contributed by atoms with van der Waals surface area (Å²) < 4.78 is 1.60. The van der Waals surface area contributed by atoms with Crippen LogP contribution in [0.4, 0.5) is 0 Å². The van der Waals surface area contributed by atoms with Crippen molar-refractivity contribution in [3.8, 4) is 0 Å². The van der Waals surface area contributed by atoms with Crippen molar-refractivity contribution in [1.82, 2.24) is 25.5 Å². The second-order valence-electron chi connectivity index (χ2n) is 7.85. The lowest BCUT2D eigenvalue weighted by Gasteiger charge is -2.30. The molecule has 0 fully saturated rings. The topological polar surface area (TPSA) is 105 Å². The van der Waals surface area contributed by atoms with Gasteiger partial charge < -0.3 is 11.1 Å². The van der Waals surface area contributed by atoms with Crippen molar-refractivity contribution >= 4 is 35.0 Å². The molecule has 2 heterocycles. The van der Waals surface area contributed by atoms with E-state index in [0.717, 1.165) is 28.0 Å². The van der Waals surface area contributed by atoms with Crippen molar-refractivity contribution < 1.29 is 9.59 Å². The summed E-state index contributed by atoms with van der Waals surface area (Å²) in [6.45, 7) is 5.31. The molecule has 0 unspecified atom stereocenters. The number of amides is 2. The van der Waals surface area contributed by atoms with Gasteiger partial charge in [0.25, 0.3) is 5.91 Å². The Kier molecular flexibility index (Phi) is 7.95. The Morgan fingerprint density at radius 3 is 2.62 bits per heavy atom. The number of nitrogens with two attached hydrogens (primary N) is 1. The van der Waals surface area contributed by atoms with Gasteiger partial charge in [-0.15, -0.1) is 0 Å². The predicted octanol–water partition coefficient (Wildman–Crippen LogP) is 2.75. The number of nitrogens with one attached hydrogen (secondary N) is 2. The molecule has 0 aliphatic carbocycles. The van der Waals surface area contributed by atoms with Crippen LogP contribution in [-0.4, -0.2) is 33.1 Å². The monoisotopic (exact) mass is 478 g/mol. The standard InChI is InChI=1S/C22H28Cl2N6O2/c1-13-6-7-30(27-12-19-14(2)28-29(3)21(19)24)22(32)18(13)9-20(31)26-11-16-8-17(23)5-4-15(16)10-25/h4-5,8,27H,6-7,9-12,25H2,1-3H3,(H,26,31). The normalized spacial score (nSPS) is 14.3. The van der Waals surface area contributed by atoms with Crippen molar-refractivity contribution in [1.29, 1.82) is 0 Å². The lowest BCUT2D eigenvalue weighted by Crippen LogP contribution is -2.47. The van der Waals surface area contributed by atoms with Crippen LogP contribution < -0.4 is 16.5 Å². The molecule has 0 saturated carbocycles. The number of carbonyl (C=O) groups excluding carboxylic acids is 2. The lowest BCUT2D eigenvalue weighted by molar-refractivity contribution is -0.132. The van der Waals surface area contributed by atoms with E-state index in [1.807, 2.05) is 19.9 Å². The number of rotatable bonds is 8. The molecule has 1 aromatic heterocycles. The number of nitrogens with zero attached hydrogens (tertiary/aromatic N) is 3. The molecule has 4 N–H and O–H groups in total. The molecule has 10 heteroatoms. The first-order chi connectivity index (χ1) is 15.2. The van der Waals surface area contributed by atoms with E-state index in [-0.39, 0.29) is 18.2 Å². The van der Waals surface area contributed by atoms with Crippen LogP contribution in [0.1, 0.15) is 42.1 Å². The fourth-order valence-corrected chi connectivity index (χ4v) is 4.12. The number of aryl methyl sites for hydroxylation is 2. The van der Waals surface area contributed by atoms with Gasteiger partial charge in [-0.1, -0.05) is 34.8 Å². The summed E-state index contributed by atoms with van der Waals surface area (Å²) in [5, 5.41) is 9.81. The molecule has 1 aromatic carbocycles. The fraction of sp³-hybridized carbons (Fsp3) is 0.409. The maximum absolute atomic E-state index is 13.0. The van der Waals surface area contributed by atoms with E-state index >= 15 is 0 Å². The number of benzene rings is 1. The van der Waals surface area contributed by atoms with Crippen molar-refractivity contribution in [2.24, 2.45) is 12.8 Å². The molecule has 2 amide bonds. The third-order valence-corrected chi connectivity index (χ3v) is 6.35. The second kappa shape index (κ2) is 10.5. The average Bonchev–Trinajstić information content (AvgIpc) is 3.00. The summed E-state index contributed by atoms with van der Waals surface area (Å²) in [5.41, 5.74) is 13.7. The summed E-state index contributed by atoms with van der Waals surface area (Å²) >= 11 is 12.3. The van der Waals surface area contributed by atoms with Gasteiger partial charge in [-0.05, 0) is 43.5 Å². The third kappa shape index (κ3) is 5.50. The number of halogens is 2. The van der Waals surface area contributed by atoms with E-state index in [0.29, 0.717) is 48.3 Å². The lowest BCUT2D eigenvalue weighted by atomic mass is 9.98. The van der Waals surface area contributed by atoms with Gasteiger partial charge in [-0.3, -0.25) is 19.3 Å². The Labute approximate surface area is 197 Å². The van der Waals surface area contributed by atoms with Gasteiger partial charge in [0.2, 0.25) is 5.91 Å². The van der Waals surface area contributed by atoms with Gasteiger partial charge in [-0.25, -0.2) is 5.43 Å². The highest BCUT2D eigenvalue weighted by molar-refractivity contribution is 6.30. The smallest absolute Gasteiger partial charge is 0.264 e. The Morgan fingerprint density at radius 1 is 1.22 bits per heavy atom. The van der Waals surface area contributed by atoms with Crippen LogP contribution in [0.25, 0.3) is 0 Å². The van der Waals surface area contributed by atoms with Gasteiger partial charge >= 0.3 is 0 Å². The fourth-order valence-electron chi connectivity index (χ4n) is 3.68. The Balaban J connectivity index is 1.61. The van der Waals surface area contributed by atoms with Gasteiger partial charge in [0.15, 0.2) is 0 Å². The molecule has 32 heavy (non-hydrogen) atoms. The highest BCUT2D eigenvalue weighted by atomic mass is 35.5. The summed E-state index contributed by atoms with van der Waals surface area (Å²) in [7, 11) is 1.77. The van der Waals surface area contributed by atoms with Crippen LogP contribution in [0.2, 0.25) is 10.2 Å². The van der Waals surface area contributed by atoms with Gasteiger partial charge in [0.1, 0.15) is 5.15 Å². The maximum Gasteiger partial charge on any atom is 0.264 e. The highest BCUT2D eigenvalue weighted by Gasteiger charge is 2.27. The molecule has 0 radical (unpaired) electrons. The average molecular weight is 479 g/mol. The molecular weight excluding hydrogens is 451 g/mol. The summed E-state index contributed by atoms with van der Waals surface area (Å²) in [4.78, 5) is 25.6. The first-order valence-electron chi connectivity index (χ1n) is 10.4. The number of hydrogen-bond acceptors (Lipinski definition) is 5. The van der Waals surface area contributed by atoms with E-state index in [1.165, 1.54) is 0 Å². The first kappa shape index (κ1) is 24.3. The number of hydrogen-bond donors (Lipinski definition) is 3. The Hall–Kier alpha value is -2.39. The van der Waals surface area contributed by atoms with Gasteiger partial charge in [-0.2, -0.15) is 5.10 Å². The van der Waals surface area contributed by atoms with E-state index in [4.69, 9.17) is 28.9 Å². The SMILES string of the molecule is CC1=C(CC(=O)NCc2cc(Cl)ccc2CN)C(=O)N(NCc2c(C)nn(C)c2Cl)CC1. The molecule has 0 saturated heterocycles.